The number of allylic oxidation sites excluding steroid dienone is 1. The molecule has 0 N–H and O–H groups in total. The van der Waals surface area contributed by atoms with Gasteiger partial charge < -0.3 is 0 Å². The van der Waals surface area contributed by atoms with Gasteiger partial charge in [-0.15, -0.1) is 0 Å². The molecule has 0 fully saturated rings. The van der Waals surface area contributed by atoms with Crippen LogP contribution in [-0.2, 0) is 16.4 Å². The number of aromatic nitrogens is 1. The number of likely N-dealkylation sites (N-methyl/N-ethyl adjacent to an activating group) is 1. The van der Waals surface area contributed by atoms with Crippen molar-refractivity contribution in [1.82, 2.24) is 9.29 Å². The number of hydrogen-bond acceptors (Lipinski definition) is 3. The molecule has 1 aromatic carbocycles. The first-order valence-corrected chi connectivity index (χ1v) is 13.5. The average molecular weight is 457 g/mol. The van der Waals surface area contributed by atoms with Gasteiger partial charge in [-0.25, -0.2) is 8.42 Å². The highest BCUT2D eigenvalue weighted by Crippen LogP contribution is 2.15. The van der Waals surface area contributed by atoms with Crippen molar-refractivity contribution in [2.45, 2.75) is 82.4 Å². The van der Waals surface area contributed by atoms with Crippen LogP contribution in [0.2, 0.25) is 0 Å². The van der Waals surface area contributed by atoms with Gasteiger partial charge in [0.25, 0.3) is 0 Å². The summed E-state index contributed by atoms with van der Waals surface area (Å²) in [5.41, 5.74) is 2.41. The van der Waals surface area contributed by atoms with Crippen LogP contribution >= 0.6 is 0 Å². The number of aryl methyl sites for hydroxylation is 2. The molecule has 4 nitrogen and oxygen atoms in total. The van der Waals surface area contributed by atoms with E-state index in [-0.39, 0.29) is 0 Å². The van der Waals surface area contributed by atoms with Crippen LogP contribution in [0.5, 0.6) is 0 Å². The van der Waals surface area contributed by atoms with Gasteiger partial charge in [0.15, 0.2) is 0 Å². The normalized spacial score (nSPS) is 12.1. The molecule has 0 saturated heterocycles. The van der Waals surface area contributed by atoms with Gasteiger partial charge in [0.2, 0.25) is 10.0 Å². The predicted octanol–water partition coefficient (Wildman–Crippen LogP) is 6.71. The van der Waals surface area contributed by atoms with Crippen LogP contribution in [-0.4, -0.2) is 31.3 Å². The summed E-state index contributed by atoms with van der Waals surface area (Å²) < 4.78 is 26.5. The van der Waals surface area contributed by atoms with Crippen molar-refractivity contribution in [1.29, 1.82) is 0 Å². The van der Waals surface area contributed by atoms with Crippen molar-refractivity contribution in [3.05, 3.63) is 72.1 Å². The second-order valence-electron chi connectivity index (χ2n) is 8.65. The summed E-state index contributed by atoms with van der Waals surface area (Å²) in [7, 11) is -1.77. The van der Waals surface area contributed by atoms with E-state index < -0.39 is 10.0 Å². The number of unbranched alkanes of at least 4 members (excludes halogenated alkanes) is 9. The molecule has 0 saturated carbocycles. The standard InChI is InChI=1S/C27H40N2O2S/c1-25-18-20-27(21-19-25)32(30,31)29(2)23-14-12-10-8-6-4-3-5-7-9-11-13-16-26-17-15-22-28-24-26/h12,14-15,17-22,24H,3-11,13,16,23H2,1-2H3/b14-12+. The molecule has 1 heterocycles. The second kappa shape index (κ2) is 15.0. The first kappa shape index (κ1) is 26.3. The minimum atomic E-state index is -3.41. The van der Waals surface area contributed by atoms with Gasteiger partial charge >= 0.3 is 0 Å². The maximum absolute atomic E-state index is 12.5. The SMILES string of the molecule is Cc1ccc(S(=O)(=O)N(C)C/C=C/CCCCCCCCCCCc2cccnc2)cc1. The molecule has 0 atom stereocenters. The zero-order valence-electron chi connectivity index (χ0n) is 19.9. The second-order valence-corrected chi connectivity index (χ2v) is 10.7. The Hall–Kier alpha value is -1.98. The van der Waals surface area contributed by atoms with E-state index >= 15 is 0 Å². The Balaban J connectivity index is 1.44. The van der Waals surface area contributed by atoms with Crippen LogP contribution in [0.4, 0.5) is 0 Å². The predicted molar refractivity (Wildman–Crippen MR) is 134 cm³/mol. The van der Waals surface area contributed by atoms with Crippen LogP contribution in [0.1, 0.15) is 75.3 Å². The van der Waals surface area contributed by atoms with Crippen molar-refractivity contribution >= 4 is 10.0 Å². The van der Waals surface area contributed by atoms with E-state index in [4.69, 9.17) is 0 Å². The highest BCUT2D eigenvalue weighted by atomic mass is 32.2. The third-order valence-corrected chi connectivity index (χ3v) is 7.65. The van der Waals surface area contributed by atoms with Crippen LogP contribution in [0, 0.1) is 6.92 Å². The fourth-order valence-corrected chi connectivity index (χ4v) is 4.83. The number of pyridine rings is 1. The largest absolute Gasteiger partial charge is 0.264 e. The van der Waals surface area contributed by atoms with E-state index in [1.807, 2.05) is 43.6 Å². The van der Waals surface area contributed by atoms with Gasteiger partial charge in [-0.05, 0) is 56.4 Å². The lowest BCUT2D eigenvalue weighted by molar-refractivity contribution is 0.498. The van der Waals surface area contributed by atoms with Crippen LogP contribution in [0.3, 0.4) is 0 Å². The molecule has 0 radical (unpaired) electrons. The van der Waals surface area contributed by atoms with Crippen molar-refractivity contribution in [3.63, 3.8) is 0 Å². The topological polar surface area (TPSA) is 50.3 Å². The Morgan fingerprint density at radius 2 is 1.47 bits per heavy atom. The molecule has 32 heavy (non-hydrogen) atoms. The quantitative estimate of drug-likeness (QED) is 0.208. The third kappa shape index (κ3) is 10.1. The lowest BCUT2D eigenvalue weighted by atomic mass is 10.0. The first-order valence-electron chi connectivity index (χ1n) is 12.1. The molecule has 1 aromatic heterocycles. The Kier molecular flexibility index (Phi) is 12.3. The Bertz CT molecular complexity index is 878. The van der Waals surface area contributed by atoms with E-state index in [9.17, 15) is 8.42 Å². The highest BCUT2D eigenvalue weighted by Gasteiger charge is 2.18. The summed E-state index contributed by atoms with van der Waals surface area (Å²) in [6.07, 6.45) is 21.7. The molecular formula is C27H40N2O2S. The zero-order chi connectivity index (χ0) is 23.1. The van der Waals surface area contributed by atoms with E-state index in [2.05, 4.69) is 17.1 Å². The maximum Gasteiger partial charge on any atom is 0.243 e. The lowest BCUT2D eigenvalue weighted by Crippen LogP contribution is -2.27. The molecular weight excluding hydrogens is 416 g/mol. The average Bonchev–Trinajstić information content (AvgIpc) is 2.80. The third-order valence-electron chi connectivity index (χ3n) is 5.82. The van der Waals surface area contributed by atoms with Gasteiger partial charge in [-0.3, -0.25) is 4.98 Å². The molecule has 0 aliphatic carbocycles. The first-order chi connectivity index (χ1) is 15.5. The van der Waals surface area contributed by atoms with E-state index in [1.165, 1.54) is 67.7 Å². The van der Waals surface area contributed by atoms with Crippen LogP contribution in [0.25, 0.3) is 0 Å². The van der Waals surface area contributed by atoms with Crippen molar-refractivity contribution < 1.29 is 8.42 Å². The smallest absolute Gasteiger partial charge is 0.243 e. The van der Waals surface area contributed by atoms with Gasteiger partial charge in [0.05, 0.1) is 4.90 Å². The monoisotopic (exact) mass is 456 g/mol. The van der Waals surface area contributed by atoms with Gasteiger partial charge in [-0.1, -0.05) is 80.9 Å². The summed E-state index contributed by atoms with van der Waals surface area (Å²) in [5.74, 6) is 0. The molecule has 5 heteroatoms. The Labute approximate surface area is 195 Å². The molecule has 0 unspecified atom stereocenters. The molecule has 2 rings (SSSR count). The molecule has 0 bridgehead atoms. The lowest BCUT2D eigenvalue weighted by Gasteiger charge is -2.15. The van der Waals surface area contributed by atoms with Gasteiger partial charge in [-0.2, -0.15) is 4.31 Å². The summed E-state index contributed by atoms with van der Waals surface area (Å²) in [4.78, 5) is 4.52. The summed E-state index contributed by atoms with van der Waals surface area (Å²) in [5, 5.41) is 0. The fourth-order valence-electron chi connectivity index (χ4n) is 3.70. The maximum atomic E-state index is 12.5. The number of benzene rings is 1. The number of nitrogens with zero attached hydrogens (tertiary/aromatic N) is 2. The molecule has 176 valence electrons. The minimum Gasteiger partial charge on any atom is -0.264 e. The van der Waals surface area contributed by atoms with Crippen molar-refractivity contribution in [3.8, 4) is 0 Å². The number of rotatable bonds is 16. The van der Waals surface area contributed by atoms with Crippen molar-refractivity contribution in [2.75, 3.05) is 13.6 Å². The van der Waals surface area contributed by atoms with E-state index in [0.717, 1.165) is 18.4 Å². The molecule has 0 aliphatic heterocycles. The fraction of sp³-hybridized carbons (Fsp3) is 0.519. The summed E-state index contributed by atoms with van der Waals surface area (Å²) in [6, 6.07) is 11.2. The van der Waals surface area contributed by atoms with E-state index in [1.54, 1.807) is 19.2 Å². The summed E-state index contributed by atoms with van der Waals surface area (Å²) >= 11 is 0. The van der Waals surface area contributed by atoms with Crippen LogP contribution in [0.15, 0.2) is 65.8 Å². The summed E-state index contributed by atoms with van der Waals surface area (Å²) in [6.45, 7) is 2.37. The van der Waals surface area contributed by atoms with Crippen LogP contribution < -0.4 is 0 Å². The zero-order valence-corrected chi connectivity index (χ0v) is 20.7. The highest BCUT2D eigenvalue weighted by molar-refractivity contribution is 7.89. The molecule has 0 spiro atoms. The van der Waals surface area contributed by atoms with Gasteiger partial charge in [0, 0.05) is 26.0 Å². The van der Waals surface area contributed by atoms with E-state index in [0.29, 0.717) is 11.4 Å². The van der Waals surface area contributed by atoms with Gasteiger partial charge in [0.1, 0.15) is 0 Å². The van der Waals surface area contributed by atoms with Crippen molar-refractivity contribution in [2.24, 2.45) is 0 Å². The number of sulfonamides is 1. The Morgan fingerprint density at radius 3 is 2.09 bits per heavy atom. The molecule has 0 amide bonds. The Morgan fingerprint density at radius 1 is 0.844 bits per heavy atom. The number of hydrogen-bond donors (Lipinski definition) is 0. The molecule has 2 aromatic rings. The minimum absolute atomic E-state index is 0.354. The molecule has 0 aliphatic rings.